The first-order valence-electron chi connectivity index (χ1n) is 9.61. The van der Waals surface area contributed by atoms with Crippen LogP contribution in [0.3, 0.4) is 0 Å². The number of fused-ring (bicyclic) bond motifs is 2. The molecule has 3 heterocycles. The highest BCUT2D eigenvalue weighted by molar-refractivity contribution is 7.93. The number of thiazole rings is 1. The summed E-state index contributed by atoms with van der Waals surface area (Å²) in [7, 11) is -4.33. The number of benzene rings is 2. The van der Waals surface area contributed by atoms with E-state index in [1.54, 1.807) is 11.4 Å². The summed E-state index contributed by atoms with van der Waals surface area (Å²) in [6.45, 7) is -0.462. The summed E-state index contributed by atoms with van der Waals surface area (Å²) < 4.78 is 76.9. The number of hydrogen-bond donors (Lipinski definition) is 2. The Balaban J connectivity index is 0.00000274. The van der Waals surface area contributed by atoms with Gasteiger partial charge >= 0.3 is 5.76 Å². The molecule has 0 amide bonds. The standard InChI is InChI=1S/C20H15F3N4O4S2.ClH/c21-14-6-15-16(7-17(14)33(29,30)26-18-25-4-5-32-18)31-19(28)27(15)9-11-2-1-3-13-12(11)8-24-10-20(13,22)23;/h1-7,24H,8-10H2,(H,25,26);1H. The lowest BCUT2D eigenvalue weighted by molar-refractivity contribution is -0.0109. The van der Waals surface area contributed by atoms with E-state index < -0.39 is 39.0 Å². The molecule has 14 heteroatoms. The summed E-state index contributed by atoms with van der Waals surface area (Å²) in [5, 5.41) is 4.25. The van der Waals surface area contributed by atoms with Crippen LogP contribution >= 0.6 is 23.7 Å². The fourth-order valence-electron chi connectivity index (χ4n) is 3.81. The summed E-state index contributed by atoms with van der Waals surface area (Å²) in [4.78, 5) is 15.6. The van der Waals surface area contributed by atoms with Crippen LogP contribution in [0.2, 0.25) is 0 Å². The van der Waals surface area contributed by atoms with Gasteiger partial charge in [-0.25, -0.2) is 22.6 Å². The molecule has 0 spiro atoms. The first-order valence-corrected chi connectivity index (χ1v) is 12.0. The second-order valence-corrected chi connectivity index (χ2v) is 9.94. The maximum atomic E-state index is 14.8. The minimum absolute atomic E-state index is 0. The van der Waals surface area contributed by atoms with Gasteiger partial charge in [0.1, 0.15) is 10.7 Å². The van der Waals surface area contributed by atoms with Gasteiger partial charge in [-0.3, -0.25) is 9.29 Å². The Morgan fingerprint density at radius 1 is 1.29 bits per heavy atom. The van der Waals surface area contributed by atoms with Crippen molar-refractivity contribution in [1.82, 2.24) is 14.9 Å². The number of oxazole rings is 1. The van der Waals surface area contributed by atoms with Crippen molar-refractivity contribution >= 4 is 50.0 Å². The molecule has 0 fully saturated rings. The van der Waals surface area contributed by atoms with Gasteiger partial charge in [0, 0.05) is 35.8 Å². The van der Waals surface area contributed by atoms with Crippen LogP contribution in [0, 0.1) is 5.82 Å². The topological polar surface area (TPSA) is 106 Å². The van der Waals surface area contributed by atoms with Crippen molar-refractivity contribution < 1.29 is 26.0 Å². The molecule has 0 aliphatic carbocycles. The zero-order chi connectivity index (χ0) is 23.4. The SMILES string of the molecule is Cl.O=c1oc2cc(S(=O)(=O)Nc3nccs3)c(F)cc2n1Cc1cccc2c1CNCC2(F)F. The van der Waals surface area contributed by atoms with E-state index in [-0.39, 0.29) is 47.3 Å². The molecule has 180 valence electrons. The molecule has 8 nitrogen and oxygen atoms in total. The van der Waals surface area contributed by atoms with Crippen LogP contribution in [0.15, 0.2) is 56.0 Å². The molecule has 2 aromatic heterocycles. The number of alkyl halides is 2. The third-order valence-electron chi connectivity index (χ3n) is 5.31. The number of sulfonamides is 1. The van der Waals surface area contributed by atoms with Gasteiger partial charge in [0.25, 0.3) is 15.9 Å². The molecular weight excluding hydrogens is 517 g/mol. The van der Waals surface area contributed by atoms with E-state index in [2.05, 4.69) is 15.0 Å². The lowest BCUT2D eigenvalue weighted by atomic mass is 9.93. The van der Waals surface area contributed by atoms with E-state index in [0.29, 0.717) is 11.1 Å². The summed E-state index contributed by atoms with van der Waals surface area (Å²) in [5.41, 5.74) is 0.495. The normalized spacial score (nSPS) is 15.0. The van der Waals surface area contributed by atoms with Gasteiger partial charge in [0.15, 0.2) is 10.7 Å². The van der Waals surface area contributed by atoms with Crippen molar-refractivity contribution in [3.63, 3.8) is 0 Å². The molecule has 5 rings (SSSR count). The quantitative estimate of drug-likeness (QED) is 0.406. The van der Waals surface area contributed by atoms with Gasteiger partial charge in [-0.05, 0) is 11.1 Å². The molecule has 0 atom stereocenters. The Labute approximate surface area is 200 Å². The van der Waals surface area contributed by atoms with E-state index in [4.69, 9.17) is 4.42 Å². The number of rotatable bonds is 5. The zero-order valence-electron chi connectivity index (χ0n) is 17.0. The molecule has 0 radical (unpaired) electrons. The number of anilines is 1. The Morgan fingerprint density at radius 3 is 2.82 bits per heavy atom. The number of halogens is 4. The van der Waals surface area contributed by atoms with E-state index in [9.17, 15) is 26.4 Å². The van der Waals surface area contributed by atoms with Crippen molar-refractivity contribution in [3.05, 3.63) is 75.0 Å². The van der Waals surface area contributed by atoms with Crippen molar-refractivity contribution in [2.75, 3.05) is 11.3 Å². The zero-order valence-corrected chi connectivity index (χ0v) is 19.5. The smallest absolute Gasteiger partial charge is 0.408 e. The first-order chi connectivity index (χ1) is 15.7. The van der Waals surface area contributed by atoms with Crippen LogP contribution < -0.4 is 15.8 Å². The molecule has 1 aliphatic rings. The minimum Gasteiger partial charge on any atom is -0.408 e. The van der Waals surface area contributed by atoms with Crippen molar-refractivity contribution in [2.24, 2.45) is 0 Å². The lowest BCUT2D eigenvalue weighted by Crippen LogP contribution is -2.37. The summed E-state index contributed by atoms with van der Waals surface area (Å²) >= 11 is 1.01. The fraction of sp³-hybridized carbons (Fsp3) is 0.200. The van der Waals surface area contributed by atoms with Crippen molar-refractivity contribution in [3.8, 4) is 0 Å². The number of aromatic nitrogens is 2. The van der Waals surface area contributed by atoms with Crippen LogP contribution in [0.4, 0.5) is 18.3 Å². The van der Waals surface area contributed by atoms with E-state index >= 15 is 0 Å². The van der Waals surface area contributed by atoms with Gasteiger partial charge in [-0.1, -0.05) is 18.2 Å². The Hall–Kier alpha value is -2.87. The first kappa shape index (κ1) is 24.3. The van der Waals surface area contributed by atoms with E-state index in [0.717, 1.165) is 28.0 Å². The predicted molar refractivity (Wildman–Crippen MR) is 122 cm³/mol. The van der Waals surface area contributed by atoms with E-state index in [1.807, 2.05) is 0 Å². The summed E-state index contributed by atoms with van der Waals surface area (Å²) in [5.74, 6) is -5.04. The maximum absolute atomic E-state index is 14.8. The van der Waals surface area contributed by atoms with Crippen LogP contribution in [-0.2, 0) is 29.0 Å². The minimum atomic E-state index is -4.33. The highest BCUT2D eigenvalue weighted by atomic mass is 35.5. The highest BCUT2D eigenvalue weighted by Crippen LogP contribution is 2.35. The summed E-state index contributed by atoms with van der Waals surface area (Å²) in [6.07, 6.45) is 1.38. The number of nitrogens with zero attached hydrogens (tertiary/aromatic N) is 2. The van der Waals surface area contributed by atoms with Gasteiger partial charge in [-0.2, -0.15) is 8.78 Å². The van der Waals surface area contributed by atoms with Gasteiger partial charge < -0.3 is 9.73 Å². The molecule has 2 aromatic carbocycles. The van der Waals surface area contributed by atoms with Crippen LogP contribution in [-0.4, -0.2) is 24.5 Å². The molecule has 2 N–H and O–H groups in total. The molecule has 34 heavy (non-hydrogen) atoms. The average Bonchev–Trinajstić information content (AvgIpc) is 3.35. The molecule has 1 aliphatic heterocycles. The average molecular weight is 533 g/mol. The molecular formula is C20H16ClF3N4O4S2. The molecule has 4 aromatic rings. The maximum Gasteiger partial charge on any atom is 0.420 e. The third-order valence-corrected chi connectivity index (χ3v) is 7.48. The largest absolute Gasteiger partial charge is 0.420 e. The Morgan fingerprint density at radius 2 is 2.09 bits per heavy atom. The Kier molecular flexibility index (Phi) is 6.23. The molecule has 0 saturated carbocycles. The summed E-state index contributed by atoms with van der Waals surface area (Å²) in [6, 6.07) is 6.19. The van der Waals surface area contributed by atoms with Crippen molar-refractivity contribution in [2.45, 2.75) is 23.9 Å². The molecule has 0 unspecified atom stereocenters. The van der Waals surface area contributed by atoms with Gasteiger partial charge in [-0.15, -0.1) is 23.7 Å². The third kappa shape index (κ3) is 4.19. The van der Waals surface area contributed by atoms with Crippen molar-refractivity contribution in [1.29, 1.82) is 0 Å². The van der Waals surface area contributed by atoms with Crippen LogP contribution in [0.1, 0.15) is 16.7 Å². The van der Waals surface area contributed by atoms with Crippen LogP contribution in [0.25, 0.3) is 11.1 Å². The second-order valence-electron chi connectivity index (χ2n) is 7.40. The predicted octanol–water partition coefficient (Wildman–Crippen LogP) is 3.66. The molecule has 0 saturated heterocycles. The van der Waals surface area contributed by atoms with Crippen LogP contribution in [0.5, 0.6) is 0 Å². The van der Waals surface area contributed by atoms with Gasteiger partial charge in [0.2, 0.25) is 0 Å². The van der Waals surface area contributed by atoms with Gasteiger partial charge in [0.05, 0.1) is 18.6 Å². The van der Waals surface area contributed by atoms with E-state index in [1.165, 1.54) is 18.3 Å². The lowest BCUT2D eigenvalue weighted by Gasteiger charge is -2.27. The fourth-order valence-corrected chi connectivity index (χ4v) is 5.67. The number of nitrogens with one attached hydrogen (secondary N) is 2. The highest BCUT2D eigenvalue weighted by Gasteiger charge is 2.37. The second kappa shape index (κ2) is 8.73. The Bertz CT molecular complexity index is 1540. The number of hydrogen-bond acceptors (Lipinski definition) is 7. The monoisotopic (exact) mass is 532 g/mol. The molecule has 0 bridgehead atoms.